The van der Waals surface area contributed by atoms with Crippen LogP contribution in [0.2, 0.25) is 0 Å². The Kier molecular flexibility index (Phi) is 5.72. The van der Waals surface area contributed by atoms with Gasteiger partial charge in [0.05, 0.1) is 16.7 Å². The molecule has 0 atom stereocenters. The molecule has 2 aromatic heterocycles. The van der Waals surface area contributed by atoms with E-state index in [9.17, 15) is 0 Å². The molecule has 172 valence electrons. The molecule has 0 unspecified atom stereocenters. The highest BCUT2D eigenvalue weighted by atomic mass is 31.1. The lowest BCUT2D eigenvalue weighted by Gasteiger charge is -2.21. The molecule has 2 heterocycles. The van der Waals surface area contributed by atoms with E-state index in [1.54, 1.807) is 0 Å². The van der Waals surface area contributed by atoms with E-state index in [4.69, 9.17) is 4.98 Å². The second-order valence-corrected chi connectivity index (χ2v) is 10.8. The average molecular weight is 474 g/mol. The molecule has 3 nitrogen and oxygen atoms in total. The molecular weight excluding hydrogens is 445 g/mol. The number of aryl methyl sites for hydroxylation is 2. The Hall–Kier alpha value is -3.68. The molecule has 4 heteroatoms. The Morgan fingerprint density at radius 1 is 0.600 bits per heavy atom. The topological polar surface area (TPSA) is 22.8 Å². The first-order chi connectivity index (χ1) is 17.3. The van der Waals surface area contributed by atoms with Gasteiger partial charge in [-0.2, -0.15) is 0 Å². The number of para-hydroxylation sites is 3. The average Bonchev–Trinajstić information content (AvgIpc) is 3.45. The van der Waals surface area contributed by atoms with Crippen molar-refractivity contribution in [2.45, 2.75) is 26.9 Å². The highest BCUT2D eigenvalue weighted by molar-refractivity contribution is 7.80. The lowest BCUT2D eigenvalue weighted by atomic mass is 10.2. The number of hydrogen-bond donors (Lipinski definition) is 0. The summed E-state index contributed by atoms with van der Waals surface area (Å²) >= 11 is 0. The van der Waals surface area contributed by atoms with Gasteiger partial charge in [-0.05, 0) is 50.6 Å². The molecule has 0 saturated carbocycles. The van der Waals surface area contributed by atoms with Gasteiger partial charge >= 0.3 is 0 Å². The Bertz CT molecular complexity index is 1570. The number of fused-ring (bicyclic) bond motifs is 2. The molecule has 4 aromatic carbocycles. The quantitative estimate of drug-likeness (QED) is 0.255. The molecule has 6 rings (SSSR count). The first kappa shape index (κ1) is 21.8. The Balaban J connectivity index is 1.77. The van der Waals surface area contributed by atoms with Crippen LogP contribution in [-0.4, -0.2) is 14.1 Å². The number of rotatable bonds is 6. The van der Waals surface area contributed by atoms with E-state index in [0.717, 1.165) is 24.4 Å². The summed E-state index contributed by atoms with van der Waals surface area (Å²) in [6, 6.07) is 39.3. The molecule has 0 saturated heterocycles. The van der Waals surface area contributed by atoms with Gasteiger partial charge in [0.2, 0.25) is 0 Å². The molecule has 35 heavy (non-hydrogen) atoms. The summed E-state index contributed by atoms with van der Waals surface area (Å²) in [5.74, 6) is 1.06. The van der Waals surface area contributed by atoms with E-state index >= 15 is 0 Å². The molecule has 0 bridgehead atoms. The van der Waals surface area contributed by atoms with Crippen molar-refractivity contribution in [2.75, 3.05) is 0 Å². The largest absolute Gasteiger partial charge is 0.338 e. The van der Waals surface area contributed by atoms with Crippen LogP contribution in [0.15, 0.2) is 109 Å². The van der Waals surface area contributed by atoms with Gasteiger partial charge in [0.1, 0.15) is 0 Å². The lowest BCUT2D eigenvalue weighted by Crippen LogP contribution is -2.23. The predicted molar refractivity (Wildman–Crippen MR) is 151 cm³/mol. The Labute approximate surface area is 207 Å². The van der Waals surface area contributed by atoms with Crippen molar-refractivity contribution in [2.24, 2.45) is 0 Å². The van der Waals surface area contributed by atoms with Crippen molar-refractivity contribution in [1.82, 2.24) is 14.1 Å². The molecule has 0 fully saturated rings. The molecule has 0 N–H and O–H groups in total. The van der Waals surface area contributed by atoms with Gasteiger partial charge in [-0.3, -0.25) is 0 Å². The minimum absolute atomic E-state index is 0.796. The van der Waals surface area contributed by atoms with Crippen LogP contribution >= 0.6 is 7.92 Å². The number of aromatic nitrogens is 3. The summed E-state index contributed by atoms with van der Waals surface area (Å²) in [4.78, 5) is 5.24. The third kappa shape index (κ3) is 3.59. The minimum atomic E-state index is -0.796. The van der Waals surface area contributed by atoms with Crippen molar-refractivity contribution in [3.63, 3.8) is 0 Å². The summed E-state index contributed by atoms with van der Waals surface area (Å²) < 4.78 is 4.85. The summed E-state index contributed by atoms with van der Waals surface area (Å²) in [7, 11) is -0.796. The molecule has 0 radical (unpaired) electrons. The van der Waals surface area contributed by atoms with Crippen molar-refractivity contribution in [3.8, 4) is 11.5 Å². The van der Waals surface area contributed by atoms with E-state index in [-0.39, 0.29) is 0 Å². The monoisotopic (exact) mass is 473 g/mol. The van der Waals surface area contributed by atoms with Gasteiger partial charge in [0.15, 0.2) is 5.82 Å². The highest BCUT2D eigenvalue weighted by Crippen LogP contribution is 2.42. The van der Waals surface area contributed by atoms with Crippen LogP contribution in [0.5, 0.6) is 0 Å². The first-order valence-electron chi connectivity index (χ1n) is 12.3. The number of nitrogens with zero attached hydrogens (tertiary/aromatic N) is 3. The molecule has 0 aliphatic rings. The zero-order valence-corrected chi connectivity index (χ0v) is 21.0. The maximum atomic E-state index is 5.24. The smallest absolute Gasteiger partial charge is 0.158 e. The van der Waals surface area contributed by atoms with Gasteiger partial charge in [-0.25, -0.2) is 4.98 Å². The number of hydrogen-bond acceptors (Lipinski definition) is 1. The maximum absolute atomic E-state index is 5.24. The van der Waals surface area contributed by atoms with Crippen LogP contribution < -0.4 is 15.9 Å². The summed E-state index contributed by atoms with van der Waals surface area (Å²) in [5, 5.41) is 5.42. The van der Waals surface area contributed by atoms with Gasteiger partial charge in [-0.15, -0.1) is 0 Å². The second-order valence-electron chi connectivity index (χ2n) is 8.63. The molecular formula is C31H28N3P. The zero-order valence-electron chi connectivity index (χ0n) is 20.1. The van der Waals surface area contributed by atoms with Crippen molar-refractivity contribution >= 4 is 45.8 Å². The van der Waals surface area contributed by atoms with Crippen LogP contribution in [-0.2, 0) is 13.1 Å². The van der Waals surface area contributed by atoms with Crippen LogP contribution in [0, 0.1) is 0 Å². The third-order valence-electron chi connectivity index (χ3n) is 6.70. The SMILES string of the molecule is CCn1c(-c2c(P(c3ccccc3)c3ccccc3)c3ccccc3n2CC)nc2ccccc21. The van der Waals surface area contributed by atoms with E-state index in [0.29, 0.717) is 0 Å². The number of benzene rings is 4. The van der Waals surface area contributed by atoms with Crippen LogP contribution in [0.1, 0.15) is 13.8 Å². The second kappa shape index (κ2) is 9.17. The van der Waals surface area contributed by atoms with Crippen molar-refractivity contribution in [3.05, 3.63) is 109 Å². The molecule has 0 aliphatic carbocycles. The fourth-order valence-corrected chi connectivity index (χ4v) is 7.82. The normalized spacial score (nSPS) is 11.6. The molecule has 6 aromatic rings. The van der Waals surface area contributed by atoms with Gasteiger partial charge < -0.3 is 9.13 Å². The third-order valence-corrected chi connectivity index (χ3v) is 9.22. The maximum Gasteiger partial charge on any atom is 0.158 e. The predicted octanol–water partition coefficient (Wildman–Crippen LogP) is 6.46. The standard InChI is InChI=1S/C31H28N3P/c1-3-33-27-21-13-11-19-25(27)30(29(33)31-32-26-20-12-14-22-28(26)34(31)4-2)35(23-15-7-5-8-16-23)24-17-9-6-10-18-24/h5-22H,3-4H2,1-2H3. The first-order valence-corrected chi connectivity index (χ1v) is 13.6. The summed E-state index contributed by atoms with van der Waals surface area (Å²) in [5.41, 5.74) is 4.75. The Morgan fingerprint density at radius 2 is 1.14 bits per heavy atom. The van der Waals surface area contributed by atoms with Crippen molar-refractivity contribution < 1.29 is 0 Å². The minimum Gasteiger partial charge on any atom is -0.338 e. The fourth-order valence-electron chi connectivity index (χ4n) is 5.20. The summed E-state index contributed by atoms with van der Waals surface area (Å²) in [6.07, 6.45) is 0. The van der Waals surface area contributed by atoms with E-state index in [1.807, 2.05) is 0 Å². The van der Waals surface area contributed by atoms with E-state index in [2.05, 4.69) is 132 Å². The highest BCUT2D eigenvalue weighted by Gasteiger charge is 2.29. The Morgan fingerprint density at radius 3 is 1.77 bits per heavy atom. The van der Waals surface area contributed by atoms with Gasteiger partial charge in [0.25, 0.3) is 0 Å². The van der Waals surface area contributed by atoms with Crippen LogP contribution in [0.4, 0.5) is 0 Å². The van der Waals surface area contributed by atoms with E-state index < -0.39 is 7.92 Å². The molecule has 0 spiro atoms. The molecule has 0 amide bonds. The zero-order chi connectivity index (χ0) is 23.8. The summed E-state index contributed by atoms with van der Waals surface area (Å²) in [6.45, 7) is 6.21. The van der Waals surface area contributed by atoms with Crippen molar-refractivity contribution in [1.29, 1.82) is 0 Å². The lowest BCUT2D eigenvalue weighted by molar-refractivity contribution is 0.761. The fraction of sp³-hybridized carbons (Fsp3) is 0.129. The van der Waals surface area contributed by atoms with Crippen LogP contribution in [0.25, 0.3) is 33.5 Å². The van der Waals surface area contributed by atoms with Crippen LogP contribution in [0.3, 0.4) is 0 Å². The molecule has 0 aliphatic heterocycles. The van der Waals surface area contributed by atoms with Gasteiger partial charge in [0, 0.05) is 29.3 Å². The number of imidazole rings is 1. The van der Waals surface area contributed by atoms with Gasteiger partial charge in [-0.1, -0.05) is 91.0 Å². The van der Waals surface area contributed by atoms with E-state index in [1.165, 1.54) is 38.0 Å².